The number of alkyl halides is 3. The van der Waals surface area contributed by atoms with Gasteiger partial charge >= 0.3 is 6.18 Å². The Kier molecular flexibility index (Phi) is 4.16. The molecule has 1 aromatic rings. The molecule has 17 heavy (non-hydrogen) atoms. The summed E-state index contributed by atoms with van der Waals surface area (Å²) < 4.78 is 42.4. The molecule has 0 saturated carbocycles. The van der Waals surface area contributed by atoms with Gasteiger partial charge in [0.25, 0.3) is 0 Å². The van der Waals surface area contributed by atoms with Crippen molar-refractivity contribution in [1.82, 2.24) is 0 Å². The molecule has 0 aliphatic carbocycles. The van der Waals surface area contributed by atoms with Crippen molar-refractivity contribution >= 4 is 0 Å². The van der Waals surface area contributed by atoms with E-state index in [1.807, 2.05) is 13.8 Å². The number of rotatable bonds is 4. The summed E-state index contributed by atoms with van der Waals surface area (Å²) in [6.07, 6.45) is -4.30. The lowest BCUT2D eigenvalue weighted by atomic mass is 10.1. The van der Waals surface area contributed by atoms with Crippen LogP contribution in [-0.4, -0.2) is 12.1 Å². The lowest BCUT2D eigenvalue weighted by molar-refractivity contribution is -0.137. The van der Waals surface area contributed by atoms with Gasteiger partial charge < -0.3 is 10.5 Å². The maximum absolute atomic E-state index is 12.3. The topological polar surface area (TPSA) is 35.2 Å². The molecule has 0 aliphatic heterocycles. The Morgan fingerprint density at radius 2 is 1.65 bits per heavy atom. The molecule has 0 heterocycles. The van der Waals surface area contributed by atoms with E-state index in [4.69, 9.17) is 10.5 Å². The highest BCUT2D eigenvalue weighted by Gasteiger charge is 2.29. The van der Waals surface area contributed by atoms with Gasteiger partial charge in [-0.05, 0) is 31.5 Å². The zero-order valence-corrected chi connectivity index (χ0v) is 9.84. The van der Waals surface area contributed by atoms with Gasteiger partial charge in [0, 0.05) is 6.54 Å². The molecule has 0 radical (unpaired) electrons. The molecule has 2 N–H and O–H groups in total. The van der Waals surface area contributed by atoms with E-state index in [1.165, 1.54) is 12.1 Å². The van der Waals surface area contributed by atoms with E-state index in [0.29, 0.717) is 12.1 Å². The van der Waals surface area contributed by atoms with Gasteiger partial charge in [0.15, 0.2) is 0 Å². The smallest absolute Gasteiger partial charge is 0.370 e. The van der Waals surface area contributed by atoms with E-state index in [1.54, 1.807) is 0 Å². The molecule has 0 atom stereocenters. The van der Waals surface area contributed by atoms with Crippen LogP contribution in [0.1, 0.15) is 25.0 Å². The maximum Gasteiger partial charge on any atom is 0.416 e. The largest absolute Gasteiger partial charge is 0.416 e. The van der Waals surface area contributed by atoms with E-state index >= 15 is 0 Å². The van der Waals surface area contributed by atoms with Crippen LogP contribution < -0.4 is 5.73 Å². The number of benzene rings is 1. The fourth-order valence-electron chi connectivity index (χ4n) is 1.13. The zero-order chi connectivity index (χ0) is 13.1. The average Bonchev–Trinajstić information content (AvgIpc) is 2.26. The molecule has 1 aromatic carbocycles. The molecule has 2 nitrogen and oxygen atoms in total. The standard InChI is InChI=1S/C12H16F3NO/c1-11(2,8-16)17-7-9-3-5-10(6-4-9)12(13,14)15/h3-6H,7-8,16H2,1-2H3. The van der Waals surface area contributed by atoms with E-state index in [-0.39, 0.29) is 6.61 Å². The van der Waals surface area contributed by atoms with Crippen molar-refractivity contribution in [3.8, 4) is 0 Å². The molecule has 0 fully saturated rings. The maximum atomic E-state index is 12.3. The highest BCUT2D eigenvalue weighted by molar-refractivity contribution is 5.24. The third-order valence-electron chi connectivity index (χ3n) is 2.40. The molecule has 0 spiro atoms. The van der Waals surface area contributed by atoms with Crippen LogP contribution in [0.2, 0.25) is 0 Å². The van der Waals surface area contributed by atoms with Crippen LogP contribution in [0.15, 0.2) is 24.3 Å². The van der Waals surface area contributed by atoms with Crippen molar-refractivity contribution in [3.63, 3.8) is 0 Å². The second-order valence-electron chi connectivity index (χ2n) is 4.45. The number of nitrogens with two attached hydrogens (primary N) is 1. The van der Waals surface area contributed by atoms with Crippen LogP contribution in [0, 0.1) is 0 Å². The zero-order valence-electron chi connectivity index (χ0n) is 9.84. The van der Waals surface area contributed by atoms with Gasteiger partial charge in [0.2, 0.25) is 0 Å². The Balaban J connectivity index is 2.64. The first-order valence-electron chi connectivity index (χ1n) is 5.25. The van der Waals surface area contributed by atoms with Gasteiger partial charge in [0.1, 0.15) is 0 Å². The first kappa shape index (κ1) is 14.0. The number of halogens is 3. The lowest BCUT2D eigenvalue weighted by Crippen LogP contribution is -2.33. The molecule has 96 valence electrons. The minimum Gasteiger partial charge on any atom is -0.370 e. The second-order valence-corrected chi connectivity index (χ2v) is 4.45. The van der Waals surface area contributed by atoms with Crippen molar-refractivity contribution in [3.05, 3.63) is 35.4 Å². The van der Waals surface area contributed by atoms with Crippen molar-refractivity contribution < 1.29 is 17.9 Å². The quantitative estimate of drug-likeness (QED) is 0.887. The minimum atomic E-state index is -4.30. The molecular formula is C12H16F3NO. The molecule has 0 bridgehead atoms. The fraction of sp³-hybridized carbons (Fsp3) is 0.500. The summed E-state index contributed by atoms with van der Waals surface area (Å²) >= 11 is 0. The lowest BCUT2D eigenvalue weighted by Gasteiger charge is -2.23. The van der Waals surface area contributed by atoms with Gasteiger partial charge in [-0.15, -0.1) is 0 Å². The molecule has 0 unspecified atom stereocenters. The van der Waals surface area contributed by atoms with Gasteiger partial charge in [-0.1, -0.05) is 12.1 Å². The summed E-state index contributed by atoms with van der Waals surface area (Å²) in [5, 5.41) is 0. The Hall–Kier alpha value is -1.07. The molecular weight excluding hydrogens is 231 g/mol. The molecule has 0 aromatic heterocycles. The van der Waals surface area contributed by atoms with Crippen LogP contribution >= 0.6 is 0 Å². The highest BCUT2D eigenvalue weighted by Crippen LogP contribution is 2.29. The first-order valence-corrected chi connectivity index (χ1v) is 5.25. The predicted octanol–water partition coefficient (Wildman–Crippen LogP) is 2.96. The summed E-state index contributed by atoms with van der Waals surface area (Å²) in [7, 11) is 0. The van der Waals surface area contributed by atoms with Crippen LogP contribution in [0.4, 0.5) is 13.2 Å². The van der Waals surface area contributed by atoms with Gasteiger partial charge in [-0.2, -0.15) is 13.2 Å². The molecule has 1 rings (SSSR count). The molecule has 0 saturated heterocycles. The Morgan fingerprint density at radius 3 is 2.06 bits per heavy atom. The summed E-state index contributed by atoms with van der Waals surface area (Å²) in [6.45, 7) is 4.27. The van der Waals surface area contributed by atoms with E-state index < -0.39 is 17.3 Å². The highest BCUT2D eigenvalue weighted by atomic mass is 19.4. The van der Waals surface area contributed by atoms with Crippen LogP contribution in [0.25, 0.3) is 0 Å². The van der Waals surface area contributed by atoms with Crippen LogP contribution in [-0.2, 0) is 17.5 Å². The van der Waals surface area contributed by atoms with Crippen molar-refractivity contribution in [2.45, 2.75) is 32.2 Å². The number of ether oxygens (including phenoxy) is 1. The minimum absolute atomic E-state index is 0.252. The summed E-state index contributed by atoms with van der Waals surface area (Å²) in [4.78, 5) is 0. The number of hydrogen-bond acceptors (Lipinski definition) is 2. The molecule has 0 aliphatic rings. The monoisotopic (exact) mass is 247 g/mol. The molecule has 5 heteroatoms. The third kappa shape index (κ3) is 4.36. The van der Waals surface area contributed by atoms with E-state index in [0.717, 1.165) is 12.1 Å². The number of hydrogen-bond donors (Lipinski definition) is 1. The predicted molar refractivity (Wildman–Crippen MR) is 59.4 cm³/mol. The van der Waals surface area contributed by atoms with Crippen molar-refractivity contribution in [2.24, 2.45) is 5.73 Å². The second kappa shape index (κ2) is 5.06. The van der Waals surface area contributed by atoms with E-state index in [9.17, 15) is 13.2 Å². The normalized spacial score (nSPS) is 12.8. The summed E-state index contributed by atoms with van der Waals surface area (Å²) in [6, 6.07) is 4.92. The SMILES string of the molecule is CC(C)(CN)OCc1ccc(C(F)(F)F)cc1. The van der Waals surface area contributed by atoms with Crippen molar-refractivity contribution in [2.75, 3.05) is 6.54 Å². The Labute approximate surface area is 98.6 Å². The van der Waals surface area contributed by atoms with Crippen molar-refractivity contribution in [1.29, 1.82) is 0 Å². The Bertz CT molecular complexity index is 357. The van der Waals surface area contributed by atoms with Gasteiger partial charge in [-0.3, -0.25) is 0 Å². The first-order chi connectivity index (χ1) is 7.74. The average molecular weight is 247 g/mol. The van der Waals surface area contributed by atoms with Gasteiger partial charge in [0.05, 0.1) is 17.8 Å². The summed E-state index contributed by atoms with van der Waals surface area (Å²) in [5.41, 5.74) is 5.05. The van der Waals surface area contributed by atoms with Gasteiger partial charge in [-0.25, -0.2) is 0 Å². The third-order valence-corrected chi connectivity index (χ3v) is 2.40. The van der Waals surface area contributed by atoms with Crippen LogP contribution in [0.5, 0.6) is 0 Å². The van der Waals surface area contributed by atoms with Crippen LogP contribution in [0.3, 0.4) is 0 Å². The summed E-state index contributed by atoms with van der Waals surface area (Å²) in [5.74, 6) is 0. The Morgan fingerprint density at radius 1 is 1.12 bits per heavy atom. The molecule has 0 amide bonds. The van der Waals surface area contributed by atoms with E-state index in [2.05, 4.69) is 0 Å². The fourth-order valence-corrected chi connectivity index (χ4v) is 1.13.